The third-order valence-corrected chi connectivity index (χ3v) is 4.75. The van der Waals surface area contributed by atoms with Crippen molar-refractivity contribution in [2.75, 3.05) is 0 Å². The first-order chi connectivity index (χ1) is 12.6. The Labute approximate surface area is 161 Å². The summed E-state index contributed by atoms with van der Waals surface area (Å²) < 4.78 is 0. The van der Waals surface area contributed by atoms with Crippen LogP contribution in [0.15, 0.2) is 12.2 Å². The van der Waals surface area contributed by atoms with E-state index in [1.165, 1.54) is 77.0 Å². The van der Waals surface area contributed by atoms with Crippen molar-refractivity contribution in [2.45, 2.75) is 116 Å². The molecule has 0 radical (unpaired) electrons. The van der Waals surface area contributed by atoms with Gasteiger partial charge in [0.05, 0.1) is 0 Å². The van der Waals surface area contributed by atoms with Crippen molar-refractivity contribution in [3.63, 3.8) is 0 Å². The quantitative estimate of drug-likeness (QED) is 0.219. The first kappa shape index (κ1) is 24.7. The Balaban J connectivity index is 3.10. The average molecular weight is 367 g/mol. The highest BCUT2D eigenvalue weighted by Crippen LogP contribution is 2.12. The average Bonchev–Trinajstić information content (AvgIpc) is 2.59. The molecule has 0 spiro atoms. The summed E-state index contributed by atoms with van der Waals surface area (Å²) in [5.41, 5.74) is 10.2. The second kappa shape index (κ2) is 20.0. The molecule has 0 aliphatic carbocycles. The van der Waals surface area contributed by atoms with Crippen LogP contribution in [0.1, 0.15) is 116 Å². The van der Waals surface area contributed by atoms with Crippen LogP contribution in [0.3, 0.4) is 0 Å². The zero-order valence-electron chi connectivity index (χ0n) is 16.9. The third kappa shape index (κ3) is 22.7. The number of nitrogens with two attached hydrogens (primary N) is 2. The molecule has 26 heavy (non-hydrogen) atoms. The van der Waals surface area contributed by atoms with E-state index in [0.717, 1.165) is 25.7 Å². The smallest absolute Gasteiger partial charge is 0.217 e. The van der Waals surface area contributed by atoms with Gasteiger partial charge in [-0.2, -0.15) is 0 Å². The predicted molar refractivity (Wildman–Crippen MR) is 111 cm³/mol. The highest BCUT2D eigenvalue weighted by atomic mass is 16.1. The van der Waals surface area contributed by atoms with Gasteiger partial charge in [0.15, 0.2) is 0 Å². The molecule has 152 valence electrons. The summed E-state index contributed by atoms with van der Waals surface area (Å²) in [7, 11) is 0. The Morgan fingerprint density at radius 1 is 0.462 bits per heavy atom. The number of carbonyl (C=O) groups excluding carboxylic acids is 2. The van der Waals surface area contributed by atoms with Crippen LogP contribution >= 0.6 is 0 Å². The Kier molecular flexibility index (Phi) is 19.0. The SMILES string of the molecule is NC(=O)CCCCCCC/C=C\CCCCCCCCCCCC(N)=O. The maximum Gasteiger partial charge on any atom is 0.217 e. The molecule has 4 N–H and O–H groups in total. The van der Waals surface area contributed by atoms with Crippen molar-refractivity contribution in [3.8, 4) is 0 Å². The van der Waals surface area contributed by atoms with Crippen LogP contribution < -0.4 is 11.5 Å². The van der Waals surface area contributed by atoms with E-state index in [0.29, 0.717) is 12.8 Å². The predicted octanol–water partition coefficient (Wildman–Crippen LogP) is 5.54. The third-order valence-electron chi connectivity index (χ3n) is 4.75. The Morgan fingerprint density at radius 2 is 0.731 bits per heavy atom. The molecule has 0 aromatic rings. The molecule has 0 bridgehead atoms. The summed E-state index contributed by atoms with van der Waals surface area (Å²) in [4.78, 5) is 21.2. The second-order valence-corrected chi connectivity index (χ2v) is 7.43. The fourth-order valence-electron chi connectivity index (χ4n) is 3.13. The number of carbonyl (C=O) groups is 2. The van der Waals surface area contributed by atoms with Crippen molar-refractivity contribution >= 4 is 11.8 Å². The standard InChI is InChI=1S/C22H42N2O2/c23-21(25)19-17-15-13-11-9-7-5-3-1-2-4-6-8-10-12-14-16-18-20-22(24)26/h3,5H,1-2,4,6-20H2,(H2,23,25)(H2,24,26)/b5-3-. The van der Waals surface area contributed by atoms with Gasteiger partial charge in [-0.25, -0.2) is 0 Å². The van der Waals surface area contributed by atoms with Crippen molar-refractivity contribution < 1.29 is 9.59 Å². The van der Waals surface area contributed by atoms with Crippen LogP contribution in [0.25, 0.3) is 0 Å². The highest BCUT2D eigenvalue weighted by molar-refractivity contribution is 5.73. The molecule has 0 heterocycles. The van der Waals surface area contributed by atoms with E-state index in [2.05, 4.69) is 12.2 Å². The van der Waals surface area contributed by atoms with Crippen LogP contribution in [-0.2, 0) is 9.59 Å². The minimum Gasteiger partial charge on any atom is -0.370 e. The molecule has 0 atom stereocenters. The Bertz CT molecular complexity index is 367. The molecular formula is C22H42N2O2. The molecule has 0 aromatic carbocycles. The van der Waals surface area contributed by atoms with Gasteiger partial charge in [-0.3, -0.25) is 9.59 Å². The van der Waals surface area contributed by atoms with Gasteiger partial charge in [-0.15, -0.1) is 0 Å². The molecule has 4 heteroatoms. The number of primary amides is 2. The van der Waals surface area contributed by atoms with Crippen molar-refractivity contribution in [1.29, 1.82) is 0 Å². The number of unbranched alkanes of at least 4 members (excludes halogenated alkanes) is 14. The molecule has 0 unspecified atom stereocenters. The maximum atomic E-state index is 10.6. The summed E-state index contributed by atoms with van der Waals surface area (Å²) in [6.07, 6.45) is 25.2. The monoisotopic (exact) mass is 366 g/mol. The van der Waals surface area contributed by atoms with Gasteiger partial charge >= 0.3 is 0 Å². The molecular weight excluding hydrogens is 324 g/mol. The van der Waals surface area contributed by atoms with Crippen LogP contribution in [0.2, 0.25) is 0 Å². The van der Waals surface area contributed by atoms with E-state index in [9.17, 15) is 9.59 Å². The first-order valence-electron chi connectivity index (χ1n) is 10.8. The van der Waals surface area contributed by atoms with Gasteiger partial charge in [0.2, 0.25) is 11.8 Å². The van der Waals surface area contributed by atoms with Gasteiger partial charge in [0.1, 0.15) is 0 Å². The molecule has 0 fully saturated rings. The van der Waals surface area contributed by atoms with E-state index >= 15 is 0 Å². The lowest BCUT2D eigenvalue weighted by Gasteiger charge is -2.01. The van der Waals surface area contributed by atoms with E-state index in [4.69, 9.17) is 11.5 Å². The summed E-state index contributed by atoms with van der Waals surface area (Å²) in [5.74, 6) is -0.346. The lowest BCUT2D eigenvalue weighted by atomic mass is 10.1. The summed E-state index contributed by atoms with van der Waals surface area (Å²) in [6.45, 7) is 0. The van der Waals surface area contributed by atoms with Gasteiger partial charge < -0.3 is 11.5 Å². The second-order valence-electron chi connectivity index (χ2n) is 7.43. The van der Waals surface area contributed by atoms with Crippen molar-refractivity contribution in [3.05, 3.63) is 12.2 Å². The van der Waals surface area contributed by atoms with Crippen molar-refractivity contribution in [1.82, 2.24) is 0 Å². The fraction of sp³-hybridized carbons (Fsp3) is 0.818. The lowest BCUT2D eigenvalue weighted by molar-refractivity contribution is -0.119. The van der Waals surface area contributed by atoms with E-state index in [1.807, 2.05) is 0 Å². The minimum atomic E-state index is -0.176. The molecule has 0 saturated carbocycles. The zero-order valence-corrected chi connectivity index (χ0v) is 16.9. The molecule has 0 rings (SSSR count). The van der Waals surface area contributed by atoms with E-state index < -0.39 is 0 Å². The van der Waals surface area contributed by atoms with Crippen LogP contribution in [-0.4, -0.2) is 11.8 Å². The topological polar surface area (TPSA) is 86.2 Å². The molecule has 0 aliphatic heterocycles. The number of allylic oxidation sites excluding steroid dienone is 2. The van der Waals surface area contributed by atoms with Crippen molar-refractivity contribution in [2.24, 2.45) is 11.5 Å². The maximum absolute atomic E-state index is 10.6. The van der Waals surface area contributed by atoms with Gasteiger partial charge in [0, 0.05) is 12.8 Å². The number of amides is 2. The number of hydrogen-bond acceptors (Lipinski definition) is 2. The Morgan fingerprint density at radius 3 is 1.04 bits per heavy atom. The molecule has 2 amide bonds. The molecule has 0 saturated heterocycles. The normalized spacial score (nSPS) is 11.2. The molecule has 4 nitrogen and oxygen atoms in total. The van der Waals surface area contributed by atoms with Crippen LogP contribution in [0, 0.1) is 0 Å². The summed E-state index contributed by atoms with van der Waals surface area (Å²) >= 11 is 0. The van der Waals surface area contributed by atoms with Crippen LogP contribution in [0.5, 0.6) is 0 Å². The van der Waals surface area contributed by atoms with Gasteiger partial charge in [-0.1, -0.05) is 76.4 Å². The largest absolute Gasteiger partial charge is 0.370 e. The number of hydrogen-bond donors (Lipinski definition) is 2. The minimum absolute atomic E-state index is 0.170. The molecule has 0 aromatic heterocycles. The summed E-state index contributed by atoms with van der Waals surface area (Å²) in [5, 5.41) is 0. The van der Waals surface area contributed by atoms with Gasteiger partial charge in [-0.05, 0) is 38.5 Å². The van der Waals surface area contributed by atoms with Crippen LogP contribution in [0.4, 0.5) is 0 Å². The zero-order chi connectivity index (χ0) is 19.3. The summed E-state index contributed by atoms with van der Waals surface area (Å²) in [6, 6.07) is 0. The molecule has 0 aliphatic rings. The fourth-order valence-corrected chi connectivity index (χ4v) is 3.13. The van der Waals surface area contributed by atoms with E-state index in [-0.39, 0.29) is 11.8 Å². The van der Waals surface area contributed by atoms with Gasteiger partial charge in [0.25, 0.3) is 0 Å². The first-order valence-corrected chi connectivity index (χ1v) is 10.8. The number of rotatable bonds is 20. The highest BCUT2D eigenvalue weighted by Gasteiger charge is 1.96. The van der Waals surface area contributed by atoms with E-state index in [1.54, 1.807) is 0 Å². The lowest BCUT2D eigenvalue weighted by Crippen LogP contribution is -2.09. The Hall–Kier alpha value is -1.32.